The second kappa shape index (κ2) is 8.93. The van der Waals surface area contributed by atoms with Crippen LogP contribution in [0.5, 0.6) is 5.75 Å². The van der Waals surface area contributed by atoms with Gasteiger partial charge < -0.3 is 19.7 Å². The van der Waals surface area contributed by atoms with Crippen molar-refractivity contribution >= 4 is 29.5 Å². The number of benzene rings is 1. The molecule has 0 fully saturated rings. The van der Waals surface area contributed by atoms with Crippen LogP contribution in [0.3, 0.4) is 0 Å². The maximum atomic E-state index is 12.4. The fourth-order valence-electron chi connectivity index (χ4n) is 2.69. The van der Waals surface area contributed by atoms with Crippen molar-refractivity contribution in [3.63, 3.8) is 0 Å². The molecule has 2 atom stereocenters. The van der Waals surface area contributed by atoms with Gasteiger partial charge in [0.1, 0.15) is 5.75 Å². The number of esters is 1. The lowest BCUT2D eigenvalue weighted by molar-refractivity contribution is -0.154. The minimum Gasteiger partial charge on any atom is -0.479 e. The largest absolute Gasteiger partial charge is 0.479 e. The van der Waals surface area contributed by atoms with E-state index in [2.05, 4.69) is 10.6 Å². The smallest absolute Gasteiger partial charge is 0.321 e. The molecule has 1 aromatic carbocycles. The Labute approximate surface area is 169 Å². The quantitative estimate of drug-likeness (QED) is 0.722. The van der Waals surface area contributed by atoms with Crippen molar-refractivity contribution in [1.29, 1.82) is 0 Å². The third-order valence-corrected chi connectivity index (χ3v) is 4.02. The molecule has 2 rings (SSSR count). The summed E-state index contributed by atoms with van der Waals surface area (Å²) in [5.74, 6) is -1.10. The van der Waals surface area contributed by atoms with Gasteiger partial charge in [0.15, 0.2) is 12.2 Å². The summed E-state index contributed by atoms with van der Waals surface area (Å²) in [6.45, 7) is 8.40. The zero-order valence-corrected chi connectivity index (χ0v) is 17.3. The molecule has 0 aromatic heterocycles. The van der Waals surface area contributed by atoms with E-state index >= 15 is 0 Å². The van der Waals surface area contributed by atoms with Gasteiger partial charge in [0.2, 0.25) is 0 Å². The highest BCUT2D eigenvalue weighted by atomic mass is 16.5. The van der Waals surface area contributed by atoms with Crippen LogP contribution in [-0.2, 0) is 19.1 Å². The minimum atomic E-state index is -1.15. The lowest BCUT2D eigenvalue weighted by Gasteiger charge is -2.32. The predicted molar refractivity (Wildman–Crippen MR) is 105 cm³/mol. The summed E-state index contributed by atoms with van der Waals surface area (Å²) in [6, 6.07) is 6.37. The van der Waals surface area contributed by atoms with Gasteiger partial charge in [0.25, 0.3) is 11.8 Å². The fourth-order valence-corrected chi connectivity index (χ4v) is 2.69. The number of nitrogens with zero attached hydrogens (tertiary/aromatic N) is 1. The highest BCUT2D eigenvalue weighted by Gasteiger charge is 2.31. The molecule has 0 aliphatic carbocycles. The summed E-state index contributed by atoms with van der Waals surface area (Å²) in [5, 5.41) is 4.70. The first kappa shape index (κ1) is 22.2. The van der Waals surface area contributed by atoms with Crippen LogP contribution in [-0.4, -0.2) is 48.1 Å². The summed E-state index contributed by atoms with van der Waals surface area (Å²) >= 11 is 0. The molecule has 158 valence electrons. The van der Waals surface area contributed by atoms with E-state index in [1.807, 2.05) is 0 Å². The second-order valence-electron chi connectivity index (χ2n) is 7.79. The molecule has 1 aromatic rings. The van der Waals surface area contributed by atoms with E-state index in [1.165, 1.54) is 11.8 Å². The monoisotopic (exact) mass is 405 g/mol. The van der Waals surface area contributed by atoms with Crippen LogP contribution in [0, 0.1) is 0 Å². The number of imide groups is 1. The Morgan fingerprint density at radius 3 is 2.55 bits per heavy atom. The normalized spacial score (nSPS) is 16.9. The lowest BCUT2D eigenvalue weighted by Crippen LogP contribution is -2.50. The molecule has 4 amide bonds. The molecule has 29 heavy (non-hydrogen) atoms. The van der Waals surface area contributed by atoms with Gasteiger partial charge in [-0.2, -0.15) is 0 Å². The Balaban J connectivity index is 1.88. The zero-order valence-electron chi connectivity index (χ0n) is 17.3. The lowest BCUT2D eigenvalue weighted by atomic mass is 10.1. The highest BCUT2D eigenvalue weighted by molar-refractivity contribution is 6.00. The molecule has 0 saturated heterocycles. The topological polar surface area (TPSA) is 114 Å². The van der Waals surface area contributed by atoms with E-state index in [4.69, 9.17) is 9.47 Å². The molecule has 2 unspecified atom stereocenters. The Kier molecular flexibility index (Phi) is 6.84. The fraction of sp³-hybridized carbons (Fsp3) is 0.500. The van der Waals surface area contributed by atoms with E-state index in [1.54, 1.807) is 52.0 Å². The van der Waals surface area contributed by atoms with Crippen molar-refractivity contribution in [2.45, 2.75) is 58.8 Å². The molecule has 9 nitrogen and oxygen atoms in total. The van der Waals surface area contributed by atoms with Crippen molar-refractivity contribution in [3.8, 4) is 5.75 Å². The molecule has 9 heteroatoms. The maximum absolute atomic E-state index is 12.4. The van der Waals surface area contributed by atoms with E-state index in [9.17, 15) is 19.2 Å². The molecule has 1 aliphatic rings. The van der Waals surface area contributed by atoms with Crippen LogP contribution in [0.15, 0.2) is 24.3 Å². The molecule has 1 heterocycles. The molecule has 1 aliphatic heterocycles. The molecule has 2 N–H and O–H groups in total. The number of carbonyl (C=O) groups is 4. The summed E-state index contributed by atoms with van der Waals surface area (Å²) in [4.78, 5) is 49.8. The SMILES string of the molecule is CC(OC(=O)CCN1C(=O)C(C)Oc2ccccc21)C(=O)NC(=O)NC(C)(C)C. The van der Waals surface area contributed by atoms with Crippen LogP contribution in [0.4, 0.5) is 10.5 Å². The van der Waals surface area contributed by atoms with E-state index < -0.39 is 35.7 Å². The van der Waals surface area contributed by atoms with Crippen molar-refractivity contribution in [2.75, 3.05) is 11.4 Å². The number of rotatable bonds is 5. The summed E-state index contributed by atoms with van der Waals surface area (Å²) < 4.78 is 10.6. The number of carbonyl (C=O) groups excluding carboxylic acids is 4. The van der Waals surface area contributed by atoms with Gasteiger partial charge >= 0.3 is 12.0 Å². The zero-order chi connectivity index (χ0) is 21.8. The van der Waals surface area contributed by atoms with Crippen LogP contribution >= 0.6 is 0 Å². The average Bonchev–Trinajstić information content (AvgIpc) is 2.60. The van der Waals surface area contributed by atoms with Gasteiger partial charge in [0.05, 0.1) is 12.1 Å². The Bertz CT molecular complexity index is 802. The minimum absolute atomic E-state index is 0.0846. The first-order valence-corrected chi connectivity index (χ1v) is 9.37. The summed E-state index contributed by atoms with van der Waals surface area (Å²) in [6.07, 6.45) is -1.93. The third kappa shape index (κ3) is 6.20. The summed E-state index contributed by atoms with van der Waals surface area (Å²) in [5.41, 5.74) is 0.0654. The number of para-hydroxylation sites is 2. The number of hydrogen-bond donors (Lipinski definition) is 2. The highest BCUT2D eigenvalue weighted by Crippen LogP contribution is 2.33. The summed E-state index contributed by atoms with van der Waals surface area (Å²) in [7, 11) is 0. The molecule has 0 saturated carbocycles. The van der Waals surface area contributed by atoms with E-state index in [-0.39, 0.29) is 18.9 Å². The van der Waals surface area contributed by atoms with E-state index in [0.717, 1.165) is 0 Å². The van der Waals surface area contributed by atoms with Crippen molar-refractivity contribution in [1.82, 2.24) is 10.6 Å². The van der Waals surface area contributed by atoms with Gasteiger partial charge in [-0.1, -0.05) is 12.1 Å². The number of anilines is 1. The van der Waals surface area contributed by atoms with Gasteiger partial charge in [-0.3, -0.25) is 19.7 Å². The Hall–Kier alpha value is -3.10. The number of urea groups is 1. The first-order valence-electron chi connectivity index (χ1n) is 9.37. The van der Waals surface area contributed by atoms with Crippen molar-refractivity contribution < 1.29 is 28.7 Å². The van der Waals surface area contributed by atoms with Gasteiger partial charge in [-0.15, -0.1) is 0 Å². The van der Waals surface area contributed by atoms with Crippen LogP contribution in [0.2, 0.25) is 0 Å². The Morgan fingerprint density at radius 1 is 1.24 bits per heavy atom. The standard InChI is InChI=1S/C20H27N3O6/c1-12(17(25)21-19(27)22-20(3,4)5)29-16(24)10-11-23-14-8-6-7-9-15(14)28-13(2)18(23)26/h6-9,12-13H,10-11H2,1-5H3,(H2,21,22,25,27). The number of fused-ring (bicyclic) bond motifs is 1. The third-order valence-electron chi connectivity index (χ3n) is 4.02. The number of ether oxygens (including phenoxy) is 2. The van der Waals surface area contributed by atoms with Gasteiger partial charge in [0, 0.05) is 12.1 Å². The van der Waals surface area contributed by atoms with Crippen LogP contribution in [0.25, 0.3) is 0 Å². The second-order valence-corrected chi connectivity index (χ2v) is 7.79. The van der Waals surface area contributed by atoms with Gasteiger partial charge in [-0.25, -0.2) is 4.79 Å². The number of hydrogen-bond acceptors (Lipinski definition) is 6. The Morgan fingerprint density at radius 2 is 1.90 bits per heavy atom. The van der Waals surface area contributed by atoms with E-state index in [0.29, 0.717) is 11.4 Å². The molecule has 0 bridgehead atoms. The predicted octanol–water partition coefficient (Wildman–Crippen LogP) is 1.75. The average molecular weight is 405 g/mol. The number of amides is 4. The first-order chi connectivity index (χ1) is 13.5. The van der Waals surface area contributed by atoms with Crippen molar-refractivity contribution in [2.24, 2.45) is 0 Å². The molecule has 0 radical (unpaired) electrons. The van der Waals surface area contributed by atoms with Crippen molar-refractivity contribution in [3.05, 3.63) is 24.3 Å². The molecule has 0 spiro atoms. The molecular weight excluding hydrogens is 378 g/mol. The van der Waals surface area contributed by atoms with Crippen LogP contribution in [0.1, 0.15) is 41.0 Å². The van der Waals surface area contributed by atoms with Gasteiger partial charge in [-0.05, 0) is 46.8 Å². The van der Waals surface area contributed by atoms with Crippen LogP contribution < -0.4 is 20.3 Å². The number of nitrogens with one attached hydrogen (secondary N) is 2. The maximum Gasteiger partial charge on any atom is 0.321 e. The molecular formula is C20H27N3O6.